The number of hydrogen-bond donors (Lipinski definition) is 2. The SMILES string of the molecule is CO[C@@]12CC[C@@H](O)C[C@@H]1N(C(=O)c1n[nH]c3c1COCC3)CC2. The van der Waals surface area contributed by atoms with E-state index in [-0.39, 0.29) is 23.7 Å². The minimum absolute atomic E-state index is 0.0778. The van der Waals surface area contributed by atoms with Crippen LogP contribution in [0.25, 0.3) is 0 Å². The van der Waals surface area contributed by atoms with Crippen LogP contribution in [0.2, 0.25) is 0 Å². The monoisotopic (exact) mass is 321 g/mol. The number of nitrogens with zero attached hydrogens (tertiary/aromatic N) is 2. The lowest BCUT2D eigenvalue weighted by molar-refractivity contribution is -0.0825. The average Bonchev–Trinajstić information content (AvgIpc) is 3.16. The zero-order valence-corrected chi connectivity index (χ0v) is 13.4. The van der Waals surface area contributed by atoms with Crippen molar-refractivity contribution < 1.29 is 19.4 Å². The van der Waals surface area contributed by atoms with Crippen molar-refractivity contribution in [3.8, 4) is 0 Å². The summed E-state index contributed by atoms with van der Waals surface area (Å²) >= 11 is 0. The Morgan fingerprint density at radius 3 is 3.22 bits per heavy atom. The van der Waals surface area contributed by atoms with Gasteiger partial charge < -0.3 is 19.5 Å². The maximum absolute atomic E-state index is 13.1. The van der Waals surface area contributed by atoms with Crippen molar-refractivity contribution in [3.05, 3.63) is 17.0 Å². The Bertz CT molecular complexity index is 616. The summed E-state index contributed by atoms with van der Waals surface area (Å²) in [7, 11) is 1.71. The maximum atomic E-state index is 13.1. The third-order valence-electron chi connectivity index (χ3n) is 5.72. The standard InChI is InChI=1S/C16H23N3O4/c1-22-16-4-2-10(20)8-13(16)19(6-5-16)15(21)14-11-9-23-7-3-12(11)17-18-14/h10,13,20H,2-9H2,1H3,(H,17,18)/t10-,13+,16-/m1/s1. The second-order valence-electron chi connectivity index (χ2n) is 6.79. The van der Waals surface area contributed by atoms with Gasteiger partial charge in [-0.3, -0.25) is 9.89 Å². The first-order valence-electron chi connectivity index (χ1n) is 8.32. The van der Waals surface area contributed by atoms with E-state index >= 15 is 0 Å². The highest BCUT2D eigenvalue weighted by Gasteiger charge is 2.52. The van der Waals surface area contributed by atoms with Crippen LogP contribution in [0.1, 0.15) is 47.4 Å². The molecule has 1 saturated heterocycles. The van der Waals surface area contributed by atoms with Gasteiger partial charge in [0.1, 0.15) is 0 Å². The highest BCUT2D eigenvalue weighted by Crippen LogP contribution is 2.43. The van der Waals surface area contributed by atoms with Gasteiger partial charge in [-0.1, -0.05) is 0 Å². The molecule has 2 fully saturated rings. The molecular weight excluding hydrogens is 298 g/mol. The normalized spacial score (nSPS) is 33.4. The number of nitrogens with one attached hydrogen (secondary N) is 1. The number of rotatable bonds is 2. The number of likely N-dealkylation sites (tertiary alicyclic amines) is 1. The number of fused-ring (bicyclic) bond motifs is 2. The fourth-order valence-electron chi connectivity index (χ4n) is 4.34. The highest BCUT2D eigenvalue weighted by atomic mass is 16.5. The Kier molecular flexibility index (Phi) is 3.66. The van der Waals surface area contributed by atoms with E-state index < -0.39 is 0 Å². The van der Waals surface area contributed by atoms with Gasteiger partial charge in [0.25, 0.3) is 5.91 Å². The third kappa shape index (κ3) is 2.29. The molecule has 1 aliphatic carbocycles. The largest absolute Gasteiger partial charge is 0.393 e. The minimum atomic E-state index is -0.367. The van der Waals surface area contributed by atoms with Crippen LogP contribution < -0.4 is 0 Å². The number of carbonyl (C=O) groups excluding carboxylic acids is 1. The van der Waals surface area contributed by atoms with E-state index in [9.17, 15) is 9.90 Å². The molecule has 1 amide bonds. The number of aliphatic hydroxyl groups excluding tert-OH is 1. The molecule has 126 valence electrons. The van der Waals surface area contributed by atoms with Crippen molar-refractivity contribution >= 4 is 5.91 Å². The Morgan fingerprint density at radius 1 is 1.52 bits per heavy atom. The van der Waals surface area contributed by atoms with E-state index in [1.54, 1.807) is 7.11 Å². The molecule has 7 heteroatoms. The molecule has 4 rings (SSSR count). The van der Waals surface area contributed by atoms with Crippen LogP contribution in [0.5, 0.6) is 0 Å². The third-order valence-corrected chi connectivity index (χ3v) is 5.72. The van der Waals surface area contributed by atoms with Crippen LogP contribution in [0.4, 0.5) is 0 Å². The van der Waals surface area contributed by atoms with Crippen LogP contribution in [-0.4, -0.2) is 64.1 Å². The van der Waals surface area contributed by atoms with Gasteiger partial charge in [-0.25, -0.2) is 0 Å². The number of aromatic amines is 1. The van der Waals surface area contributed by atoms with Gasteiger partial charge in [0.2, 0.25) is 0 Å². The van der Waals surface area contributed by atoms with Crippen LogP contribution in [-0.2, 0) is 22.5 Å². The van der Waals surface area contributed by atoms with Crippen LogP contribution in [0.15, 0.2) is 0 Å². The fourth-order valence-corrected chi connectivity index (χ4v) is 4.34. The summed E-state index contributed by atoms with van der Waals surface area (Å²) in [6, 6.07) is -0.0828. The van der Waals surface area contributed by atoms with E-state index in [0.29, 0.717) is 31.9 Å². The summed E-state index contributed by atoms with van der Waals surface area (Å²) < 4.78 is 11.3. The summed E-state index contributed by atoms with van der Waals surface area (Å²) in [5.74, 6) is -0.0778. The number of amides is 1. The predicted molar refractivity (Wildman–Crippen MR) is 81.0 cm³/mol. The molecule has 3 aliphatic rings. The molecule has 2 N–H and O–H groups in total. The number of aliphatic hydroxyl groups is 1. The number of hydrogen-bond acceptors (Lipinski definition) is 5. The lowest BCUT2D eigenvalue weighted by Gasteiger charge is -2.42. The number of methoxy groups -OCH3 is 1. The maximum Gasteiger partial charge on any atom is 0.275 e. The summed E-state index contributed by atoms with van der Waals surface area (Å²) in [6.45, 7) is 1.74. The molecular formula is C16H23N3O4. The second kappa shape index (κ2) is 5.58. The molecule has 0 bridgehead atoms. The van der Waals surface area contributed by atoms with Crippen molar-refractivity contribution in [1.29, 1.82) is 0 Å². The zero-order chi connectivity index (χ0) is 16.0. The van der Waals surface area contributed by atoms with Crippen molar-refractivity contribution in [2.24, 2.45) is 0 Å². The Morgan fingerprint density at radius 2 is 2.39 bits per heavy atom. The average molecular weight is 321 g/mol. The molecule has 0 radical (unpaired) electrons. The van der Waals surface area contributed by atoms with Gasteiger partial charge in [-0.15, -0.1) is 0 Å². The Balaban J connectivity index is 1.62. The van der Waals surface area contributed by atoms with E-state index in [4.69, 9.17) is 9.47 Å². The summed E-state index contributed by atoms with van der Waals surface area (Å²) in [4.78, 5) is 14.9. The molecule has 2 aliphatic heterocycles. The first-order valence-corrected chi connectivity index (χ1v) is 8.32. The van der Waals surface area contributed by atoms with Crippen molar-refractivity contribution in [2.75, 3.05) is 20.3 Å². The summed E-state index contributed by atoms with van der Waals surface area (Å²) in [6.07, 6.45) is 3.31. The van der Waals surface area contributed by atoms with Gasteiger partial charge in [0.15, 0.2) is 5.69 Å². The molecule has 1 aromatic heterocycles. The van der Waals surface area contributed by atoms with Crippen molar-refractivity contribution in [1.82, 2.24) is 15.1 Å². The van der Waals surface area contributed by atoms with Crippen LogP contribution in [0, 0.1) is 0 Å². The number of H-pyrrole nitrogens is 1. The molecule has 0 aromatic carbocycles. The quantitative estimate of drug-likeness (QED) is 0.834. The molecule has 1 aromatic rings. The molecule has 0 unspecified atom stereocenters. The predicted octanol–water partition coefficient (Wildman–Crippen LogP) is 0.627. The second-order valence-corrected chi connectivity index (χ2v) is 6.79. The topological polar surface area (TPSA) is 87.7 Å². The van der Waals surface area contributed by atoms with Gasteiger partial charge in [-0.05, 0) is 25.7 Å². The van der Waals surface area contributed by atoms with Crippen molar-refractivity contribution in [3.63, 3.8) is 0 Å². The number of aromatic nitrogens is 2. The smallest absolute Gasteiger partial charge is 0.275 e. The molecule has 3 atom stereocenters. The van der Waals surface area contributed by atoms with E-state index in [2.05, 4.69) is 10.2 Å². The molecule has 23 heavy (non-hydrogen) atoms. The summed E-state index contributed by atoms with van der Waals surface area (Å²) in [5, 5.41) is 17.3. The Labute approximate surface area is 134 Å². The Hall–Kier alpha value is -1.44. The van der Waals surface area contributed by atoms with Gasteiger partial charge in [0, 0.05) is 31.3 Å². The highest BCUT2D eigenvalue weighted by molar-refractivity contribution is 5.94. The molecule has 0 spiro atoms. The molecule has 3 heterocycles. The van der Waals surface area contributed by atoms with Gasteiger partial charge >= 0.3 is 0 Å². The van der Waals surface area contributed by atoms with E-state index in [1.807, 2.05) is 4.90 Å². The molecule has 1 saturated carbocycles. The first-order chi connectivity index (χ1) is 11.1. The fraction of sp³-hybridized carbons (Fsp3) is 0.750. The van der Waals surface area contributed by atoms with Gasteiger partial charge in [0.05, 0.1) is 31.0 Å². The van der Waals surface area contributed by atoms with Crippen molar-refractivity contribution in [2.45, 2.75) is 56.5 Å². The molecule has 7 nitrogen and oxygen atoms in total. The first kappa shape index (κ1) is 15.1. The van der Waals surface area contributed by atoms with Crippen LogP contribution in [0.3, 0.4) is 0 Å². The van der Waals surface area contributed by atoms with E-state index in [1.165, 1.54) is 0 Å². The van der Waals surface area contributed by atoms with Gasteiger partial charge in [-0.2, -0.15) is 5.10 Å². The van der Waals surface area contributed by atoms with E-state index in [0.717, 1.165) is 36.9 Å². The summed E-state index contributed by atoms with van der Waals surface area (Å²) in [5.41, 5.74) is 2.03. The lowest BCUT2D eigenvalue weighted by atomic mass is 9.79. The van der Waals surface area contributed by atoms with Crippen LogP contribution >= 0.6 is 0 Å². The lowest BCUT2D eigenvalue weighted by Crippen LogP contribution is -2.53. The minimum Gasteiger partial charge on any atom is -0.393 e. The number of ether oxygens (including phenoxy) is 2. The zero-order valence-electron chi connectivity index (χ0n) is 13.4. The number of carbonyl (C=O) groups is 1.